The molecule has 12 nitrogen and oxygen atoms in total. The van der Waals surface area contributed by atoms with E-state index < -0.39 is 128 Å². The van der Waals surface area contributed by atoms with E-state index in [0.717, 1.165) is 31.0 Å². The van der Waals surface area contributed by atoms with Crippen LogP contribution in [-0.2, 0) is 23.5 Å². The number of amides is 4. The van der Waals surface area contributed by atoms with Crippen molar-refractivity contribution in [2.75, 3.05) is 24.9 Å². The van der Waals surface area contributed by atoms with Crippen molar-refractivity contribution in [3.63, 3.8) is 0 Å². The Balaban J connectivity index is 0.000000222. The summed E-state index contributed by atoms with van der Waals surface area (Å²) in [5.41, 5.74) is -8.02. The Hall–Kier alpha value is -5.18. The maximum Gasteiger partial charge on any atom is 0.427 e. The molecular formula is C42H35B23ClF8N6O6. The number of fused-ring (bicyclic) bond motifs is 2. The second-order valence-electron chi connectivity index (χ2n) is 20.4. The van der Waals surface area contributed by atoms with Gasteiger partial charge in [0, 0.05) is 234 Å². The number of hydrogen-bond acceptors (Lipinski definition) is 6. The number of carbonyl (C=O) groups is 2. The lowest BCUT2D eigenvalue weighted by molar-refractivity contribution is -0.179. The summed E-state index contributed by atoms with van der Waals surface area (Å²) in [5, 5.41) is 8.20. The van der Waals surface area contributed by atoms with Gasteiger partial charge in [-0.3, -0.25) is 9.59 Å². The number of methoxy groups -OCH3 is 2. The minimum atomic E-state index is -4.98. The highest BCUT2D eigenvalue weighted by Gasteiger charge is 2.61. The van der Waals surface area contributed by atoms with Crippen LogP contribution in [0.15, 0.2) is 70.5 Å². The summed E-state index contributed by atoms with van der Waals surface area (Å²) in [7, 11) is 74.3. The number of nitrogens with one attached hydrogen (secondary N) is 5. The summed E-state index contributed by atoms with van der Waals surface area (Å²) in [6.45, 7) is -0.252. The van der Waals surface area contributed by atoms with Crippen LogP contribution in [0.25, 0.3) is 0 Å². The van der Waals surface area contributed by atoms with E-state index in [0.29, 0.717) is 30.4 Å². The van der Waals surface area contributed by atoms with Crippen molar-refractivity contribution in [3.8, 4) is 35.2 Å². The van der Waals surface area contributed by atoms with Gasteiger partial charge in [-0.1, -0.05) is 23.7 Å². The van der Waals surface area contributed by atoms with Crippen molar-refractivity contribution >= 4 is 199 Å². The quantitative estimate of drug-likeness (QED) is 0.0439. The van der Waals surface area contributed by atoms with Gasteiger partial charge in [0.2, 0.25) is 11.1 Å². The Kier molecular flexibility index (Phi) is 25.3. The van der Waals surface area contributed by atoms with E-state index in [1.807, 2.05) is 10.6 Å². The molecule has 8 rings (SSSR count). The molecule has 4 heterocycles. The molecule has 0 spiro atoms. The summed E-state index contributed by atoms with van der Waals surface area (Å²) >= 11 is 5.56. The van der Waals surface area contributed by atoms with Gasteiger partial charge in [0.25, 0.3) is 11.1 Å². The number of ether oxygens (including phenoxy) is 2. The van der Waals surface area contributed by atoms with E-state index >= 15 is 0 Å². The van der Waals surface area contributed by atoms with E-state index in [2.05, 4.69) is 39.3 Å². The van der Waals surface area contributed by atoms with Crippen molar-refractivity contribution in [1.82, 2.24) is 20.2 Å². The molecule has 5 N–H and O–H groups in total. The second-order valence-corrected chi connectivity index (χ2v) is 20.7. The molecule has 2 aromatic carbocycles. The van der Waals surface area contributed by atoms with Gasteiger partial charge in [-0.25, -0.2) is 18.4 Å². The third kappa shape index (κ3) is 17.8. The average Bonchev–Trinajstić information content (AvgIpc) is 1.27. The average molecular weight is 1160 g/mol. The van der Waals surface area contributed by atoms with E-state index in [1.165, 1.54) is 50.2 Å². The van der Waals surface area contributed by atoms with Crippen LogP contribution >= 0.6 is 11.6 Å². The summed E-state index contributed by atoms with van der Waals surface area (Å²) in [6.07, 6.45) is -12.2. The largest absolute Gasteiger partial charge is 0.497 e. The Labute approximate surface area is 519 Å². The molecule has 2 aromatic heterocycles. The summed E-state index contributed by atoms with van der Waals surface area (Å²) in [6, 6.07) is 7.25. The van der Waals surface area contributed by atoms with Crippen LogP contribution in [0, 0.1) is 47.2 Å². The first-order valence-corrected chi connectivity index (χ1v) is 26.7. The lowest BCUT2D eigenvalue weighted by atomic mass is 8.36. The molecular weight excluding hydrogens is 1120 g/mol. The van der Waals surface area contributed by atoms with E-state index in [-0.39, 0.29) is 52.3 Å². The molecule has 4 amide bonds. The van der Waals surface area contributed by atoms with Crippen LogP contribution in [0.2, 0.25) is 0 Å². The van der Waals surface area contributed by atoms with Crippen LogP contribution in [0.1, 0.15) is 47.9 Å². The highest BCUT2D eigenvalue weighted by Crippen LogP contribution is 2.47. The summed E-state index contributed by atoms with van der Waals surface area (Å²) in [5.74, 6) is 7.91. The number of aromatic amines is 1. The SMILES string of the molecule is COc1cc[nH]c(=O)c1.COc1ccn(Cc2cc3c(cc2F)[C@@](C#CC2CC2)(C(F)(F)F)NC(=O)N3)c(=O)c1.O=C1Nc2cc(CCl)c(F)cc2[C@@](C#CC2CC2)(C(F)(F)F)N1.[B][B]B([B])B(B([B])[B])B(B(B([B])[B])B([B])[B])B(B([B])[B])B([B])[B]. The Morgan fingerprint density at radius 1 is 0.628 bits per heavy atom. The third-order valence-corrected chi connectivity index (χ3v) is 14.4. The highest BCUT2D eigenvalue weighted by atomic mass is 35.5. The third-order valence-electron chi connectivity index (χ3n) is 14.1. The van der Waals surface area contributed by atoms with Gasteiger partial charge >= 0.3 is 24.4 Å². The zero-order valence-corrected chi connectivity index (χ0v) is 47.0. The molecule has 0 saturated heterocycles. The maximum absolute atomic E-state index is 14.9. The maximum atomic E-state index is 14.9. The molecule has 0 unspecified atom stereocenters. The zero-order valence-electron chi connectivity index (χ0n) is 46.2. The fourth-order valence-corrected chi connectivity index (χ4v) is 9.63. The van der Waals surface area contributed by atoms with E-state index in [1.54, 1.807) is 12.3 Å². The van der Waals surface area contributed by atoms with Crippen LogP contribution < -0.4 is 41.9 Å². The number of aromatic nitrogens is 2. The van der Waals surface area contributed by atoms with Crippen LogP contribution in [-0.4, -0.2) is 212 Å². The summed E-state index contributed by atoms with van der Waals surface area (Å²) in [4.78, 5) is 48.9. The van der Waals surface area contributed by atoms with Crippen molar-refractivity contribution in [2.45, 2.75) is 61.5 Å². The number of carbonyl (C=O) groups excluding carboxylic acids is 2. The standard InChI is InChI=1S/C21H17F4N3O3.C15H11ClF4N2O.C6H7NO2.B23/c1-31-14-5-7-28(18(29)9-14)11-13-8-17-15(10-16(13)22)20(21(23,24)25,27-19(30)26-17)6-4-12-2-3-12;16-7-9-5-12-10(6-11(9)17)14(15(18,19)20,22-13(23)21-12)4-3-8-1-2-8;1-9-5-2-3-7-6(8)4-5;1-13-19(12)22(18(10)11)23(20(14(2)3)15(4)5)21(16(6)7)17(8)9/h5,7-10,12H,2-3,11H2,1H3,(H2,26,27,30);5-6,8H,1-2,7H2,(H2,21,22,23);2-4H,1H3,(H,7,8);/t20-;14-;;/m00../s1. The minimum absolute atomic E-state index is 0.00107. The topological polar surface area (TPSA) is 156 Å². The van der Waals surface area contributed by atoms with Gasteiger partial charge in [-0.2, -0.15) is 26.3 Å². The number of rotatable bonds is 15. The van der Waals surface area contributed by atoms with Gasteiger partial charge < -0.3 is 40.3 Å². The predicted octanol–water partition coefficient (Wildman–Crippen LogP) is -1.15. The number of halogens is 9. The Morgan fingerprint density at radius 3 is 1.40 bits per heavy atom. The molecule has 86 heavy (non-hydrogen) atoms. The van der Waals surface area contributed by atoms with Crippen molar-refractivity contribution < 1.29 is 54.2 Å². The first kappa shape index (κ1) is 71.6. The highest BCUT2D eigenvalue weighted by molar-refractivity contribution is 8.22. The van der Waals surface area contributed by atoms with Crippen molar-refractivity contribution in [2.24, 2.45) is 11.8 Å². The molecule has 2 saturated carbocycles. The number of urea groups is 2. The number of benzene rings is 2. The molecule has 25 radical (unpaired) electrons. The molecule has 4 aromatic rings. The van der Waals surface area contributed by atoms with Gasteiger partial charge in [0.1, 0.15) is 23.1 Å². The smallest absolute Gasteiger partial charge is 0.427 e. The number of alkyl halides is 7. The Bertz CT molecular complexity index is 3260. The fourth-order valence-electron chi connectivity index (χ4n) is 9.42. The molecule has 44 heteroatoms. The van der Waals surface area contributed by atoms with Gasteiger partial charge in [0.05, 0.1) is 26.6 Å². The van der Waals surface area contributed by atoms with E-state index in [4.69, 9.17) is 114 Å². The summed E-state index contributed by atoms with van der Waals surface area (Å²) < 4.78 is 123. The predicted molar refractivity (Wildman–Crippen MR) is 345 cm³/mol. The van der Waals surface area contributed by atoms with Crippen molar-refractivity contribution in [1.29, 1.82) is 0 Å². The molecule has 401 valence electrons. The molecule has 2 fully saturated rings. The first-order valence-electron chi connectivity index (χ1n) is 26.1. The van der Waals surface area contributed by atoms with Crippen LogP contribution in [0.3, 0.4) is 0 Å². The lowest BCUT2D eigenvalue weighted by Crippen LogP contribution is -2.83. The van der Waals surface area contributed by atoms with Gasteiger partial charge in [-0.15, -0.1) is 11.6 Å². The molecule has 2 aliphatic carbocycles. The first-order chi connectivity index (χ1) is 40.2. The van der Waals surface area contributed by atoms with Gasteiger partial charge in [0.15, 0.2) is 0 Å². The fraction of sp³-hybridized carbons (Fsp3) is 0.333. The number of anilines is 2. The number of H-pyrrole nitrogens is 1. The minimum Gasteiger partial charge on any atom is -0.497 e. The Morgan fingerprint density at radius 2 is 1.05 bits per heavy atom. The second kappa shape index (κ2) is 30.4. The normalized spacial score (nSPS) is 16.9. The molecule has 0 bridgehead atoms. The van der Waals surface area contributed by atoms with Crippen LogP contribution in [0.5, 0.6) is 11.5 Å². The van der Waals surface area contributed by atoms with E-state index in [9.17, 15) is 54.3 Å². The lowest BCUT2D eigenvalue weighted by Gasteiger charge is -2.45. The number of hydrogen-bond donors (Lipinski definition) is 5. The zero-order chi connectivity index (χ0) is 64.4. The molecule has 4 aliphatic rings. The molecule has 2 aliphatic heterocycles. The number of nitrogens with zero attached hydrogens (tertiary/aromatic N) is 1. The van der Waals surface area contributed by atoms with Crippen LogP contribution in [0.4, 0.5) is 56.1 Å². The van der Waals surface area contributed by atoms with Gasteiger partial charge in [-0.05, 0) is 62.1 Å². The van der Waals surface area contributed by atoms with Crippen molar-refractivity contribution in [3.05, 3.63) is 116 Å². The monoisotopic (exact) mass is 1160 g/mol. The molecule has 2 atom stereocenters. The number of pyridine rings is 2.